The summed E-state index contributed by atoms with van der Waals surface area (Å²) < 4.78 is 27.3. The van der Waals surface area contributed by atoms with Crippen LogP contribution in [-0.2, 0) is 0 Å². The number of hydrazine groups is 1. The molecule has 0 saturated heterocycles. The molecule has 0 aliphatic heterocycles. The summed E-state index contributed by atoms with van der Waals surface area (Å²) in [5, 5.41) is 0.493. The van der Waals surface area contributed by atoms with E-state index < -0.39 is 5.91 Å². The molecule has 9 nitrogen and oxygen atoms in total. The van der Waals surface area contributed by atoms with Crippen molar-refractivity contribution < 1.29 is 28.5 Å². The molecule has 10 heteroatoms. The molecule has 0 aliphatic rings. The fraction of sp³-hybridized carbons (Fsp3) is 0.263. The first kappa shape index (κ1) is 20.3. The molecule has 0 spiro atoms. The van der Waals surface area contributed by atoms with E-state index in [9.17, 15) is 4.79 Å². The predicted molar refractivity (Wildman–Crippen MR) is 110 cm³/mol. The normalized spacial score (nSPS) is 10.4. The standard InChI is InChI=1S/C19H21N3O6S/c1-24-11-8-12(25-2)16-15(9-11)29-19(20-16)22-21-18(23)10-6-13(26-3)17(28-5)14(7-10)27-4/h6-9H,1-5H3,(H,20,22)(H,21,23). The molecular formula is C19H21N3O6S. The van der Waals surface area contributed by atoms with Gasteiger partial charge in [-0.15, -0.1) is 0 Å². The summed E-state index contributed by atoms with van der Waals surface area (Å²) in [5.74, 6) is 2.02. The number of thiazole rings is 1. The van der Waals surface area contributed by atoms with Crippen LogP contribution < -0.4 is 34.5 Å². The van der Waals surface area contributed by atoms with E-state index in [2.05, 4.69) is 15.8 Å². The van der Waals surface area contributed by atoms with Crippen LogP contribution in [0.2, 0.25) is 0 Å². The number of amides is 1. The van der Waals surface area contributed by atoms with Crippen LogP contribution in [0.1, 0.15) is 10.4 Å². The summed E-state index contributed by atoms with van der Waals surface area (Å²) in [7, 11) is 7.61. The maximum Gasteiger partial charge on any atom is 0.269 e. The van der Waals surface area contributed by atoms with Gasteiger partial charge < -0.3 is 23.7 Å². The number of ether oxygens (including phenoxy) is 5. The topological polar surface area (TPSA) is 100 Å². The van der Waals surface area contributed by atoms with Gasteiger partial charge in [0, 0.05) is 11.6 Å². The van der Waals surface area contributed by atoms with E-state index in [0.29, 0.717) is 45.0 Å². The maximum absolute atomic E-state index is 12.6. The van der Waals surface area contributed by atoms with Gasteiger partial charge in [-0.25, -0.2) is 4.98 Å². The molecule has 0 atom stereocenters. The molecule has 1 amide bonds. The molecule has 0 saturated carbocycles. The molecule has 0 fully saturated rings. The predicted octanol–water partition coefficient (Wildman–Crippen LogP) is 3.10. The van der Waals surface area contributed by atoms with Crippen LogP contribution >= 0.6 is 11.3 Å². The number of nitrogens with one attached hydrogen (secondary N) is 2. The van der Waals surface area contributed by atoms with Crippen LogP contribution in [0.5, 0.6) is 28.7 Å². The Labute approximate surface area is 171 Å². The minimum absolute atomic E-state index is 0.326. The average Bonchev–Trinajstić information content (AvgIpc) is 3.18. The Morgan fingerprint density at radius 1 is 0.862 bits per heavy atom. The Kier molecular flexibility index (Phi) is 6.13. The number of methoxy groups -OCH3 is 5. The molecule has 3 aromatic rings. The van der Waals surface area contributed by atoms with Gasteiger partial charge in [-0.1, -0.05) is 11.3 Å². The minimum atomic E-state index is -0.395. The fourth-order valence-electron chi connectivity index (χ4n) is 2.70. The fourth-order valence-corrected chi connectivity index (χ4v) is 3.56. The first-order valence-corrected chi connectivity index (χ1v) is 9.25. The maximum atomic E-state index is 12.6. The minimum Gasteiger partial charge on any atom is -0.497 e. The van der Waals surface area contributed by atoms with E-state index in [1.54, 1.807) is 32.4 Å². The van der Waals surface area contributed by atoms with Crippen LogP contribution in [-0.4, -0.2) is 46.4 Å². The summed E-state index contributed by atoms with van der Waals surface area (Å²) >= 11 is 1.35. The summed E-state index contributed by atoms with van der Waals surface area (Å²) in [6.45, 7) is 0. The number of hydrogen-bond acceptors (Lipinski definition) is 9. The Bertz CT molecular complexity index is 1010. The van der Waals surface area contributed by atoms with Gasteiger partial charge in [-0.05, 0) is 18.2 Å². The number of rotatable bonds is 8. The molecule has 0 unspecified atom stereocenters. The Hall–Kier alpha value is -3.40. The van der Waals surface area contributed by atoms with Crippen molar-refractivity contribution in [3.63, 3.8) is 0 Å². The number of carbonyl (C=O) groups is 1. The summed E-state index contributed by atoms with van der Waals surface area (Å²) in [4.78, 5) is 17.1. The molecule has 0 radical (unpaired) electrons. The summed E-state index contributed by atoms with van der Waals surface area (Å²) in [5.41, 5.74) is 6.44. The van der Waals surface area contributed by atoms with Crippen molar-refractivity contribution in [1.29, 1.82) is 0 Å². The second-order valence-corrected chi connectivity index (χ2v) is 6.72. The number of hydrogen-bond donors (Lipinski definition) is 2. The lowest BCUT2D eigenvalue weighted by Crippen LogP contribution is -2.29. The zero-order valence-electron chi connectivity index (χ0n) is 16.6. The van der Waals surface area contributed by atoms with Gasteiger partial charge in [0.1, 0.15) is 17.0 Å². The first-order valence-electron chi connectivity index (χ1n) is 8.43. The van der Waals surface area contributed by atoms with Crippen molar-refractivity contribution in [3.05, 3.63) is 29.8 Å². The number of fused-ring (bicyclic) bond motifs is 1. The molecule has 1 aromatic heterocycles. The quantitative estimate of drug-likeness (QED) is 0.538. The Morgan fingerprint density at radius 2 is 1.52 bits per heavy atom. The van der Waals surface area contributed by atoms with E-state index in [4.69, 9.17) is 23.7 Å². The van der Waals surface area contributed by atoms with E-state index in [-0.39, 0.29) is 0 Å². The van der Waals surface area contributed by atoms with Gasteiger partial charge in [0.15, 0.2) is 11.5 Å². The van der Waals surface area contributed by atoms with Crippen LogP contribution in [0.25, 0.3) is 10.2 Å². The molecule has 3 rings (SSSR count). The second-order valence-electron chi connectivity index (χ2n) is 5.69. The van der Waals surface area contributed by atoms with Gasteiger partial charge in [0.25, 0.3) is 5.91 Å². The van der Waals surface area contributed by atoms with Crippen molar-refractivity contribution in [1.82, 2.24) is 10.4 Å². The molecule has 154 valence electrons. The van der Waals surface area contributed by atoms with Gasteiger partial charge in [-0.3, -0.25) is 15.6 Å². The lowest BCUT2D eigenvalue weighted by Gasteiger charge is -2.14. The third-order valence-corrected chi connectivity index (χ3v) is 5.02. The zero-order chi connectivity index (χ0) is 21.0. The first-order chi connectivity index (χ1) is 14.0. The molecule has 0 aliphatic carbocycles. The number of anilines is 1. The van der Waals surface area contributed by atoms with Gasteiger partial charge >= 0.3 is 0 Å². The molecule has 2 aromatic carbocycles. The third kappa shape index (κ3) is 4.06. The molecule has 2 N–H and O–H groups in total. The summed E-state index contributed by atoms with van der Waals surface area (Å²) in [6, 6.07) is 6.72. The highest BCUT2D eigenvalue weighted by Gasteiger charge is 2.18. The number of nitrogens with zero attached hydrogens (tertiary/aromatic N) is 1. The van der Waals surface area contributed by atoms with Gasteiger partial charge in [0.2, 0.25) is 10.9 Å². The number of benzene rings is 2. The second kappa shape index (κ2) is 8.74. The van der Waals surface area contributed by atoms with Gasteiger partial charge in [0.05, 0.1) is 40.2 Å². The van der Waals surface area contributed by atoms with Crippen molar-refractivity contribution >= 4 is 32.6 Å². The number of aromatic nitrogens is 1. The van der Waals surface area contributed by atoms with Crippen LogP contribution in [0.4, 0.5) is 5.13 Å². The largest absolute Gasteiger partial charge is 0.497 e. The summed E-state index contributed by atoms with van der Waals surface area (Å²) in [6.07, 6.45) is 0. The Morgan fingerprint density at radius 3 is 2.07 bits per heavy atom. The van der Waals surface area contributed by atoms with E-state index in [1.807, 2.05) is 6.07 Å². The smallest absolute Gasteiger partial charge is 0.269 e. The molecule has 29 heavy (non-hydrogen) atoms. The van der Waals surface area contributed by atoms with Crippen molar-refractivity contribution in [3.8, 4) is 28.7 Å². The SMILES string of the molecule is COc1cc(OC)c2nc(NNC(=O)c3cc(OC)c(OC)c(OC)c3)sc2c1. The molecule has 0 bridgehead atoms. The lowest BCUT2D eigenvalue weighted by molar-refractivity contribution is 0.0962. The molecular weight excluding hydrogens is 398 g/mol. The number of carbonyl (C=O) groups excluding carboxylic acids is 1. The van der Waals surface area contributed by atoms with Crippen molar-refractivity contribution in [2.24, 2.45) is 0 Å². The third-order valence-electron chi connectivity index (χ3n) is 4.10. The monoisotopic (exact) mass is 419 g/mol. The van der Waals surface area contributed by atoms with Crippen LogP contribution in [0.15, 0.2) is 24.3 Å². The van der Waals surface area contributed by atoms with E-state index >= 15 is 0 Å². The average molecular weight is 419 g/mol. The highest BCUT2D eigenvalue weighted by molar-refractivity contribution is 7.22. The van der Waals surface area contributed by atoms with Crippen molar-refractivity contribution in [2.45, 2.75) is 0 Å². The zero-order valence-corrected chi connectivity index (χ0v) is 17.4. The van der Waals surface area contributed by atoms with E-state index in [0.717, 1.165) is 4.70 Å². The van der Waals surface area contributed by atoms with Crippen molar-refractivity contribution in [2.75, 3.05) is 41.0 Å². The van der Waals surface area contributed by atoms with Crippen LogP contribution in [0, 0.1) is 0 Å². The molecule has 1 heterocycles. The lowest BCUT2D eigenvalue weighted by atomic mass is 10.1. The highest BCUT2D eigenvalue weighted by atomic mass is 32.1. The van der Waals surface area contributed by atoms with E-state index in [1.165, 1.54) is 32.7 Å². The van der Waals surface area contributed by atoms with Gasteiger partial charge in [-0.2, -0.15) is 0 Å². The highest BCUT2D eigenvalue weighted by Crippen LogP contribution is 2.38. The Balaban J connectivity index is 1.82. The van der Waals surface area contributed by atoms with Crippen LogP contribution in [0.3, 0.4) is 0 Å².